The number of nitrogens with one attached hydrogen (secondary N) is 1. The number of oxazole rings is 1. The molecule has 0 unspecified atom stereocenters. The van der Waals surface area contributed by atoms with Crippen molar-refractivity contribution in [1.29, 1.82) is 0 Å². The van der Waals surface area contributed by atoms with Crippen molar-refractivity contribution < 1.29 is 28.2 Å². The van der Waals surface area contributed by atoms with Crippen LogP contribution in [0.5, 0.6) is 17.2 Å². The van der Waals surface area contributed by atoms with E-state index in [-0.39, 0.29) is 41.9 Å². The number of allylic oxidation sites excluding steroid dienone is 1. The van der Waals surface area contributed by atoms with Crippen LogP contribution in [-0.2, 0) is 11.3 Å². The number of fused-ring (bicyclic) bond motifs is 1. The van der Waals surface area contributed by atoms with Gasteiger partial charge in [-0.1, -0.05) is 6.07 Å². The maximum atomic E-state index is 13.8. The molecule has 7 nitrogen and oxygen atoms in total. The number of halogens is 1. The lowest BCUT2D eigenvalue weighted by Gasteiger charge is -2.12. The Balaban J connectivity index is 1.66. The molecule has 2 aromatic carbocycles. The van der Waals surface area contributed by atoms with Crippen molar-refractivity contribution in [3.05, 3.63) is 76.8 Å². The summed E-state index contributed by atoms with van der Waals surface area (Å²) in [5.74, 6) is 0.375. The van der Waals surface area contributed by atoms with E-state index in [2.05, 4.69) is 10.3 Å². The van der Waals surface area contributed by atoms with Gasteiger partial charge in [0.15, 0.2) is 17.9 Å². The summed E-state index contributed by atoms with van der Waals surface area (Å²) in [7, 11) is 2.90. The molecule has 1 aliphatic carbocycles. The molecule has 164 valence electrons. The van der Waals surface area contributed by atoms with Gasteiger partial charge in [0.2, 0.25) is 11.7 Å². The van der Waals surface area contributed by atoms with Crippen LogP contribution in [0.2, 0.25) is 0 Å². The molecule has 32 heavy (non-hydrogen) atoms. The second-order valence-corrected chi connectivity index (χ2v) is 7.15. The second kappa shape index (κ2) is 8.97. The largest absolute Gasteiger partial charge is 0.502 e. The molecule has 0 aliphatic heterocycles. The van der Waals surface area contributed by atoms with E-state index in [0.29, 0.717) is 16.9 Å². The molecule has 0 spiro atoms. The zero-order valence-corrected chi connectivity index (χ0v) is 17.5. The SMILES string of the molecule is COc1cc(C=C2C(CC(=O)NCc3cnco3)=Cc3cc(F)ccc32)cc(OC)c1O. The lowest BCUT2D eigenvalue weighted by atomic mass is 9.97. The third kappa shape index (κ3) is 4.34. The van der Waals surface area contributed by atoms with Crippen molar-refractivity contribution >= 4 is 23.6 Å². The number of aromatic hydroxyl groups is 1. The molecule has 0 bridgehead atoms. The quantitative estimate of drug-likeness (QED) is 0.577. The van der Waals surface area contributed by atoms with Gasteiger partial charge >= 0.3 is 0 Å². The highest BCUT2D eigenvalue weighted by Gasteiger charge is 2.22. The Labute approximate surface area is 183 Å². The minimum Gasteiger partial charge on any atom is -0.502 e. The topological polar surface area (TPSA) is 93.8 Å². The number of rotatable bonds is 7. The minimum absolute atomic E-state index is 0.0859. The van der Waals surface area contributed by atoms with Crippen LogP contribution >= 0.6 is 0 Å². The molecule has 8 heteroatoms. The van der Waals surface area contributed by atoms with Crippen molar-refractivity contribution in [2.75, 3.05) is 14.2 Å². The monoisotopic (exact) mass is 436 g/mol. The van der Waals surface area contributed by atoms with Gasteiger partial charge in [-0.15, -0.1) is 0 Å². The number of hydrogen-bond acceptors (Lipinski definition) is 6. The first-order valence-electron chi connectivity index (χ1n) is 9.80. The van der Waals surface area contributed by atoms with Gasteiger partial charge in [-0.25, -0.2) is 9.37 Å². The highest BCUT2D eigenvalue weighted by atomic mass is 19.1. The maximum absolute atomic E-state index is 13.8. The van der Waals surface area contributed by atoms with Gasteiger partial charge in [-0.05, 0) is 64.3 Å². The number of ether oxygens (including phenoxy) is 2. The van der Waals surface area contributed by atoms with Crippen molar-refractivity contribution in [3.8, 4) is 17.2 Å². The molecule has 1 amide bonds. The Morgan fingerprint density at radius 2 is 1.97 bits per heavy atom. The van der Waals surface area contributed by atoms with Crippen LogP contribution in [0.3, 0.4) is 0 Å². The molecule has 1 aromatic heterocycles. The van der Waals surface area contributed by atoms with E-state index in [1.807, 2.05) is 6.08 Å². The van der Waals surface area contributed by atoms with Gasteiger partial charge in [-0.3, -0.25) is 4.79 Å². The first-order chi connectivity index (χ1) is 15.5. The summed E-state index contributed by atoms with van der Waals surface area (Å²) in [6.45, 7) is 0.221. The molecule has 0 atom stereocenters. The van der Waals surface area contributed by atoms with E-state index in [0.717, 1.165) is 16.7 Å². The second-order valence-electron chi connectivity index (χ2n) is 7.15. The number of aromatic nitrogens is 1. The van der Waals surface area contributed by atoms with Crippen molar-refractivity contribution in [1.82, 2.24) is 10.3 Å². The smallest absolute Gasteiger partial charge is 0.224 e. The summed E-state index contributed by atoms with van der Waals surface area (Å²) < 4.78 is 29.4. The molecular weight excluding hydrogens is 415 g/mol. The molecule has 0 radical (unpaired) electrons. The highest BCUT2D eigenvalue weighted by molar-refractivity contribution is 6.04. The molecule has 1 heterocycles. The summed E-state index contributed by atoms with van der Waals surface area (Å²) in [5, 5.41) is 13.0. The Bertz CT molecular complexity index is 1190. The van der Waals surface area contributed by atoms with Crippen molar-refractivity contribution in [2.45, 2.75) is 13.0 Å². The van der Waals surface area contributed by atoms with Crippen LogP contribution in [-0.4, -0.2) is 30.2 Å². The van der Waals surface area contributed by atoms with Crippen molar-refractivity contribution in [2.24, 2.45) is 0 Å². The molecule has 1 aliphatic rings. The highest BCUT2D eigenvalue weighted by Crippen LogP contribution is 2.42. The number of hydrogen-bond donors (Lipinski definition) is 2. The van der Waals surface area contributed by atoms with Crippen LogP contribution in [0.1, 0.15) is 28.9 Å². The van der Waals surface area contributed by atoms with Crippen molar-refractivity contribution in [3.63, 3.8) is 0 Å². The first-order valence-corrected chi connectivity index (χ1v) is 9.80. The summed E-state index contributed by atoms with van der Waals surface area (Å²) in [4.78, 5) is 16.4. The van der Waals surface area contributed by atoms with Crippen LogP contribution in [0.4, 0.5) is 4.39 Å². The van der Waals surface area contributed by atoms with E-state index >= 15 is 0 Å². The Morgan fingerprint density at radius 3 is 2.62 bits per heavy atom. The Kier molecular flexibility index (Phi) is 5.93. The van der Waals surface area contributed by atoms with Crippen LogP contribution < -0.4 is 14.8 Å². The van der Waals surface area contributed by atoms with E-state index in [4.69, 9.17) is 13.9 Å². The molecule has 0 saturated carbocycles. The fourth-order valence-corrected chi connectivity index (χ4v) is 3.57. The number of methoxy groups -OCH3 is 2. The predicted molar refractivity (Wildman–Crippen MR) is 116 cm³/mol. The normalized spacial score (nSPS) is 13.6. The van der Waals surface area contributed by atoms with Gasteiger partial charge in [0.05, 0.1) is 33.4 Å². The zero-order chi connectivity index (χ0) is 22.7. The van der Waals surface area contributed by atoms with E-state index in [1.54, 1.807) is 24.3 Å². The van der Waals surface area contributed by atoms with Gasteiger partial charge in [-0.2, -0.15) is 0 Å². The van der Waals surface area contributed by atoms with Gasteiger partial charge < -0.3 is 24.3 Å². The summed E-state index contributed by atoms with van der Waals surface area (Å²) >= 11 is 0. The Hall–Kier alpha value is -4.07. The molecular formula is C24H21FN2O5. The molecule has 0 saturated heterocycles. The molecule has 2 N–H and O–H groups in total. The van der Waals surface area contributed by atoms with Gasteiger partial charge in [0.25, 0.3) is 0 Å². The minimum atomic E-state index is -0.358. The van der Waals surface area contributed by atoms with Gasteiger partial charge in [0, 0.05) is 0 Å². The third-order valence-electron chi connectivity index (χ3n) is 5.09. The van der Waals surface area contributed by atoms with E-state index in [9.17, 15) is 14.3 Å². The number of nitrogens with zero attached hydrogens (tertiary/aromatic N) is 1. The average Bonchev–Trinajstić information content (AvgIpc) is 3.41. The number of carbonyl (C=O) groups excluding carboxylic acids is 1. The number of carbonyl (C=O) groups is 1. The number of benzene rings is 2. The number of phenolic OH excluding ortho intramolecular Hbond substituents is 1. The van der Waals surface area contributed by atoms with Crippen LogP contribution in [0.25, 0.3) is 17.7 Å². The molecule has 3 aromatic rings. The summed E-state index contributed by atoms with van der Waals surface area (Å²) in [6, 6.07) is 7.81. The fraction of sp³-hybridized carbons (Fsp3) is 0.167. The standard InChI is InChI=1S/C24H21FN2O5/c1-30-21-6-14(7-22(31-2)24(21)29)5-20-16(8-15-9-17(25)3-4-19(15)20)10-23(28)27-12-18-11-26-13-32-18/h3-9,11,13,29H,10,12H2,1-2H3,(H,27,28). The third-order valence-corrected chi connectivity index (χ3v) is 5.09. The number of amides is 1. The Morgan fingerprint density at radius 1 is 1.22 bits per heavy atom. The fourth-order valence-electron chi connectivity index (χ4n) is 3.57. The molecule has 0 fully saturated rings. The average molecular weight is 436 g/mol. The zero-order valence-electron chi connectivity index (χ0n) is 17.5. The predicted octanol–water partition coefficient (Wildman–Crippen LogP) is 4.18. The summed E-state index contributed by atoms with van der Waals surface area (Å²) in [6.07, 6.45) is 6.57. The molecule has 4 rings (SSSR count). The number of phenols is 1. The summed E-state index contributed by atoms with van der Waals surface area (Å²) in [5.41, 5.74) is 3.68. The van der Waals surface area contributed by atoms with E-state index < -0.39 is 0 Å². The van der Waals surface area contributed by atoms with Crippen LogP contribution in [0, 0.1) is 5.82 Å². The van der Waals surface area contributed by atoms with Gasteiger partial charge in [0.1, 0.15) is 11.6 Å². The maximum Gasteiger partial charge on any atom is 0.224 e. The van der Waals surface area contributed by atoms with E-state index in [1.165, 1.54) is 38.9 Å². The first kappa shape index (κ1) is 21.2. The lowest BCUT2D eigenvalue weighted by molar-refractivity contribution is -0.120. The van der Waals surface area contributed by atoms with Crippen LogP contribution in [0.15, 0.2) is 52.9 Å². The lowest BCUT2D eigenvalue weighted by Crippen LogP contribution is -2.22.